The van der Waals surface area contributed by atoms with Gasteiger partial charge in [0, 0.05) is 13.0 Å². The van der Waals surface area contributed by atoms with E-state index in [0.717, 1.165) is 5.56 Å². The second-order valence-electron chi connectivity index (χ2n) is 5.77. The molecule has 1 atom stereocenters. The van der Waals surface area contributed by atoms with Crippen LogP contribution < -0.4 is 5.32 Å². The molecule has 0 radical (unpaired) electrons. The number of rotatable bonds is 10. The molecule has 0 bridgehead atoms. The number of aliphatic carboxylic acids is 1. The molecule has 0 saturated carbocycles. The Morgan fingerprint density at radius 3 is 2.42 bits per heavy atom. The highest BCUT2D eigenvalue weighted by atomic mass is 16.5. The van der Waals surface area contributed by atoms with Gasteiger partial charge in [0.05, 0.1) is 18.4 Å². The third-order valence-corrected chi connectivity index (χ3v) is 3.88. The first kappa shape index (κ1) is 19.7. The number of ether oxygens (including phenoxy) is 1. The monoisotopic (exact) mass is 335 g/mol. The maximum atomic E-state index is 12.4. The van der Waals surface area contributed by atoms with Crippen molar-refractivity contribution in [3.8, 4) is 0 Å². The van der Waals surface area contributed by atoms with Crippen molar-refractivity contribution in [2.24, 2.45) is 0 Å². The van der Waals surface area contributed by atoms with E-state index in [1.807, 2.05) is 37.3 Å². The highest BCUT2D eigenvalue weighted by Gasteiger charge is 2.36. The minimum atomic E-state index is -0.996. The molecule has 1 aromatic carbocycles. The molecule has 6 heteroatoms. The zero-order valence-electron chi connectivity index (χ0n) is 14.2. The van der Waals surface area contributed by atoms with E-state index in [1.165, 1.54) is 0 Å². The van der Waals surface area contributed by atoms with Crippen LogP contribution in [0.4, 0.5) is 0 Å². The van der Waals surface area contributed by atoms with Crippen molar-refractivity contribution < 1.29 is 24.2 Å². The number of nitrogens with one attached hydrogen (secondary N) is 1. The first-order valence-electron chi connectivity index (χ1n) is 8.11. The van der Waals surface area contributed by atoms with Gasteiger partial charge in [0.15, 0.2) is 0 Å². The van der Waals surface area contributed by atoms with Crippen molar-refractivity contribution in [1.29, 1.82) is 0 Å². The summed E-state index contributed by atoms with van der Waals surface area (Å²) in [5.41, 5.74) is 0.101. The summed E-state index contributed by atoms with van der Waals surface area (Å²) >= 11 is 0. The van der Waals surface area contributed by atoms with Gasteiger partial charge < -0.3 is 15.2 Å². The van der Waals surface area contributed by atoms with Gasteiger partial charge in [-0.25, -0.2) is 0 Å². The molecule has 0 aromatic heterocycles. The fourth-order valence-corrected chi connectivity index (χ4v) is 2.44. The normalized spacial score (nSPS) is 12.9. The summed E-state index contributed by atoms with van der Waals surface area (Å²) in [6, 6.07) is 9.42. The summed E-state index contributed by atoms with van der Waals surface area (Å²) in [5, 5.41) is 11.2. The highest BCUT2D eigenvalue weighted by molar-refractivity contribution is 5.83. The number of hydrogen-bond donors (Lipinski definition) is 2. The Bertz CT molecular complexity index is 558. The predicted molar refractivity (Wildman–Crippen MR) is 89.5 cm³/mol. The molecule has 0 saturated heterocycles. The molecule has 0 heterocycles. The lowest BCUT2D eigenvalue weighted by Crippen LogP contribution is -2.36. The van der Waals surface area contributed by atoms with Crippen LogP contribution in [0.3, 0.4) is 0 Å². The van der Waals surface area contributed by atoms with Crippen LogP contribution in [0.15, 0.2) is 30.3 Å². The largest absolute Gasteiger partial charge is 0.481 e. The van der Waals surface area contributed by atoms with Crippen LogP contribution >= 0.6 is 0 Å². The van der Waals surface area contributed by atoms with Crippen LogP contribution in [0, 0.1) is 0 Å². The van der Waals surface area contributed by atoms with Crippen molar-refractivity contribution >= 4 is 17.8 Å². The molecular formula is C18H25NO5. The number of carboxylic acids is 1. The molecule has 132 valence electrons. The zero-order valence-corrected chi connectivity index (χ0v) is 14.2. The molecule has 6 nitrogen and oxygen atoms in total. The fraction of sp³-hybridized carbons (Fsp3) is 0.500. The van der Waals surface area contributed by atoms with E-state index in [1.54, 1.807) is 6.92 Å². The SMILES string of the molecule is CCOC(=O)C(C)(CCCNC(=O)CCC(=O)O)c1ccccc1. The Kier molecular flexibility index (Phi) is 7.95. The molecule has 1 amide bonds. The second-order valence-corrected chi connectivity index (χ2v) is 5.77. The summed E-state index contributed by atoms with van der Waals surface area (Å²) in [6.45, 7) is 4.31. The second kappa shape index (κ2) is 9.70. The first-order chi connectivity index (χ1) is 11.4. The smallest absolute Gasteiger partial charge is 0.316 e. The van der Waals surface area contributed by atoms with Gasteiger partial charge in [-0.05, 0) is 32.3 Å². The van der Waals surface area contributed by atoms with Gasteiger partial charge in [-0.3, -0.25) is 14.4 Å². The molecule has 1 aromatic rings. The number of carboxylic acid groups (broad SMARTS) is 1. The van der Waals surface area contributed by atoms with E-state index >= 15 is 0 Å². The molecule has 2 N–H and O–H groups in total. The lowest BCUT2D eigenvalue weighted by Gasteiger charge is -2.28. The predicted octanol–water partition coefficient (Wildman–Crippen LogP) is 2.27. The van der Waals surface area contributed by atoms with E-state index in [4.69, 9.17) is 9.84 Å². The van der Waals surface area contributed by atoms with Crippen LogP contribution in [-0.2, 0) is 24.5 Å². The first-order valence-corrected chi connectivity index (χ1v) is 8.11. The van der Waals surface area contributed by atoms with Crippen molar-refractivity contribution in [1.82, 2.24) is 5.32 Å². The van der Waals surface area contributed by atoms with Gasteiger partial charge in [0.25, 0.3) is 0 Å². The minimum Gasteiger partial charge on any atom is -0.481 e. The standard InChI is InChI=1S/C18H25NO5/c1-3-24-17(23)18(2,14-8-5-4-6-9-14)12-7-13-19-15(20)10-11-16(21)22/h4-6,8-9H,3,7,10-13H2,1-2H3,(H,19,20)(H,21,22). The third kappa shape index (κ3) is 6.02. The van der Waals surface area contributed by atoms with Crippen LogP contribution in [0.1, 0.15) is 45.1 Å². The van der Waals surface area contributed by atoms with Gasteiger partial charge in [-0.2, -0.15) is 0 Å². The van der Waals surface area contributed by atoms with E-state index in [2.05, 4.69) is 5.32 Å². The Morgan fingerprint density at radius 2 is 1.83 bits per heavy atom. The summed E-state index contributed by atoms with van der Waals surface area (Å²) < 4.78 is 5.21. The fourth-order valence-electron chi connectivity index (χ4n) is 2.44. The van der Waals surface area contributed by atoms with Gasteiger partial charge >= 0.3 is 11.9 Å². The van der Waals surface area contributed by atoms with E-state index in [9.17, 15) is 14.4 Å². The topological polar surface area (TPSA) is 92.7 Å². The minimum absolute atomic E-state index is 0.0385. The molecule has 0 aliphatic carbocycles. The molecule has 0 spiro atoms. The van der Waals surface area contributed by atoms with E-state index < -0.39 is 11.4 Å². The lowest BCUT2D eigenvalue weighted by molar-refractivity contribution is -0.150. The van der Waals surface area contributed by atoms with Gasteiger partial charge in [0.1, 0.15) is 0 Å². The van der Waals surface area contributed by atoms with Crippen molar-refractivity contribution in [3.63, 3.8) is 0 Å². The van der Waals surface area contributed by atoms with E-state index in [0.29, 0.717) is 26.0 Å². The highest BCUT2D eigenvalue weighted by Crippen LogP contribution is 2.30. The Hall–Kier alpha value is -2.37. The maximum absolute atomic E-state index is 12.4. The quantitative estimate of drug-likeness (QED) is 0.505. The Balaban J connectivity index is 2.59. The van der Waals surface area contributed by atoms with Gasteiger partial charge in [0.2, 0.25) is 5.91 Å². The summed E-state index contributed by atoms with van der Waals surface area (Å²) in [7, 11) is 0. The van der Waals surface area contributed by atoms with Crippen LogP contribution in [0.25, 0.3) is 0 Å². The molecule has 0 fully saturated rings. The molecular weight excluding hydrogens is 310 g/mol. The van der Waals surface area contributed by atoms with Crippen molar-refractivity contribution in [2.45, 2.75) is 44.9 Å². The summed E-state index contributed by atoms with van der Waals surface area (Å²) in [4.78, 5) is 34.3. The molecule has 24 heavy (non-hydrogen) atoms. The summed E-state index contributed by atoms with van der Waals surface area (Å²) in [5.74, 6) is -1.58. The summed E-state index contributed by atoms with van der Waals surface area (Å²) in [6.07, 6.45) is 0.887. The number of carbonyl (C=O) groups excluding carboxylic acids is 2. The zero-order chi connectivity index (χ0) is 18.0. The van der Waals surface area contributed by atoms with Crippen molar-refractivity contribution in [2.75, 3.05) is 13.2 Å². The Morgan fingerprint density at radius 1 is 1.17 bits per heavy atom. The van der Waals surface area contributed by atoms with E-state index in [-0.39, 0.29) is 24.7 Å². The van der Waals surface area contributed by atoms with Gasteiger partial charge in [-0.1, -0.05) is 30.3 Å². The molecule has 1 rings (SSSR count). The molecule has 0 aliphatic heterocycles. The lowest BCUT2D eigenvalue weighted by atomic mass is 9.78. The van der Waals surface area contributed by atoms with Crippen LogP contribution in [0.2, 0.25) is 0 Å². The number of carbonyl (C=O) groups is 3. The molecule has 0 aliphatic rings. The molecule has 1 unspecified atom stereocenters. The number of esters is 1. The number of amides is 1. The van der Waals surface area contributed by atoms with Crippen LogP contribution in [-0.4, -0.2) is 36.1 Å². The average molecular weight is 335 g/mol. The number of benzene rings is 1. The van der Waals surface area contributed by atoms with Crippen LogP contribution in [0.5, 0.6) is 0 Å². The maximum Gasteiger partial charge on any atom is 0.316 e. The third-order valence-electron chi connectivity index (χ3n) is 3.88. The average Bonchev–Trinajstić information content (AvgIpc) is 2.57. The van der Waals surface area contributed by atoms with Crippen molar-refractivity contribution in [3.05, 3.63) is 35.9 Å². The number of hydrogen-bond acceptors (Lipinski definition) is 4. The Labute approximate surface area is 142 Å². The van der Waals surface area contributed by atoms with Gasteiger partial charge in [-0.15, -0.1) is 0 Å².